The van der Waals surface area contributed by atoms with Crippen LogP contribution in [0.4, 0.5) is 0 Å². The molecule has 0 aliphatic heterocycles. The van der Waals surface area contributed by atoms with E-state index in [4.69, 9.17) is 4.74 Å². The fraction of sp³-hybridized carbons (Fsp3) is 0.167. The topological polar surface area (TPSA) is 46.5 Å². The van der Waals surface area contributed by atoms with Crippen molar-refractivity contribution in [2.45, 2.75) is 20.0 Å². The van der Waals surface area contributed by atoms with E-state index in [1.54, 1.807) is 19.9 Å². The number of esters is 1. The lowest BCUT2D eigenvalue weighted by Gasteiger charge is -2.11. The molecule has 106 valence electrons. The highest BCUT2D eigenvalue weighted by Gasteiger charge is 2.13. The van der Waals surface area contributed by atoms with Gasteiger partial charge in [0.25, 0.3) is 0 Å². The van der Waals surface area contributed by atoms with E-state index in [2.05, 4.69) is 0 Å². The van der Waals surface area contributed by atoms with Gasteiger partial charge in [-0.05, 0) is 42.1 Å². The van der Waals surface area contributed by atoms with Gasteiger partial charge in [0.2, 0.25) is 0 Å². The first-order valence-electron chi connectivity index (χ1n) is 6.91. The molecular weight excluding hydrogens is 264 g/mol. The molecule has 0 aliphatic carbocycles. The Balaban J connectivity index is 2.26. The summed E-state index contributed by atoms with van der Waals surface area (Å²) in [5.41, 5.74) is 0.366. The Morgan fingerprint density at radius 2 is 1.76 bits per heavy atom. The number of hydrogen-bond donors (Lipinski definition) is 1. The largest absolute Gasteiger partial charge is 0.507 e. The summed E-state index contributed by atoms with van der Waals surface area (Å²) in [6, 6.07) is 15.0. The molecule has 0 saturated carbocycles. The molecule has 21 heavy (non-hydrogen) atoms. The van der Waals surface area contributed by atoms with Crippen LogP contribution in [0.2, 0.25) is 0 Å². The van der Waals surface area contributed by atoms with Gasteiger partial charge in [0.15, 0.2) is 0 Å². The summed E-state index contributed by atoms with van der Waals surface area (Å²) < 4.78 is 5.20. The lowest BCUT2D eigenvalue weighted by atomic mass is 9.99. The van der Waals surface area contributed by atoms with Gasteiger partial charge in [-0.3, -0.25) is 0 Å². The molecule has 0 aliphatic rings. The van der Waals surface area contributed by atoms with Crippen LogP contribution in [-0.4, -0.2) is 17.2 Å². The lowest BCUT2D eigenvalue weighted by Crippen LogP contribution is -2.11. The molecule has 0 heterocycles. The molecule has 3 nitrogen and oxygen atoms in total. The van der Waals surface area contributed by atoms with Crippen molar-refractivity contribution in [2.75, 3.05) is 0 Å². The molecule has 0 spiro atoms. The Labute approximate surface area is 122 Å². The lowest BCUT2D eigenvalue weighted by molar-refractivity contribution is 0.0377. The van der Waals surface area contributed by atoms with Crippen LogP contribution in [-0.2, 0) is 4.74 Å². The molecule has 0 fully saturated rings. The van der Waals surface area contributed by atoms with Crippen molar-refractivity contribution in [2.24, 2.45) is 0 Å². The maximum Gasteiger partial charge on any atom is 0.338 e. The normalized spacial score (nSPS) is 11.2. The van der Waals surface area contributed by atoms with Gasteiger partial charge < -0.3 is 9.84 Å². The number of aromatic hydroxyl groups is 1. The van der Waals surface area contributed by atoms with Gasteiger partial charge in [0.05, 0.1) is 11.7 Å². The molecule has 0 bridgehead atoms. The van der Waals surface area contributed by atoms with E-state index in [9.17, 15) is 9.90 Å². The number of benzene rings is 3. The van der Waals surface area contributed by atoms with E-state index in [1.807, 2.05) is 36.4 Å². The van der Waals surface area contributed by atoms with E-state index < -0.39 is 5.97 Å². The van der Waals surface area contributed by atoms with Crippen LogP contribution in [0.1, 0.15) is 24.2 Å². The quantitative estimate of drug-likeness (QED) is 0.563. The molecule has 3 heteroatoms. The van der Waals surface area contributed by atoms with Crippen LogP contribution in [0.5, 0.6) is 5.75 Å². The van der Waals surface area contributed by atoms with Gasteiger partial charge >= 0.3 is 5.97 Å². The number of carbonyl (C=O) groups excluding carboxylic acids is 1. The van der Waals surface area contributed by atoms with E-state index in [-0.39, 0.29) is 11.9 Å². The first-order chi connectivity index (χ1) is 10.1. The van der Waals surface area contributed by atoms with Gasteiger partial charge in [0, 0.05) is 5.39 Å². The molecular formula is C18H16O3. The van der Waals surface area contributed by atoms with Crippen molar-refractivity contribution in [3.8, 4) is 5.75 Å². The standard InChI is InChI=1S/C18H16O3/c1-11(2)21-18(20)13-9-16-14-6-4-3-5-12(14)7-8-15(16)17(19)10-13/h3-11,19H,1-2H3. The molecule has 0 saturated heterocycles. The summed E-state index contributed by atoms with van der Waals surface area (Å²) in [6.07, 6.45) is -0.192. The Bertz CT molecular complexity index is 834. The van der Waals surface area contributed by atoms with E-state index in [0.29, 0.717) is 5.56 Å². The van der Waals surface area contributed by atoms with Crippen LogP contribution in [0.3, 0.4) is 0 Å². The molecule has 0 unspecified atom stereocenters. The van der Waals surface area contributed by atoms with Crippen molar-refractivity contribution in [1.82, 2.24) is 0 Å². The first kappa shape index (κ1) is 13.4. The predicted molar refractivity (Wildman–Crippen MR) is 83.7 cm³/mol. The monoisotopic (exact) mass is 280 g/mol. The predicted octanol–water partition coefficient (Wildman–Crippen LogP) is 4.26. The zero-order valence-electron chi connectivity index (χ0n) is 12.0. The van der Waals surface area contributed by atoms with Crippen LogP contribution in [0, 0.1) is 0 Å². The number of phenolic OH excluding ortho intramolecular Hbond substituents is 1. The maximum absolute atomic E-state index is 12.1. The van der Waals surface area contributed by atoms with Crippen molar-refractivity contribution < 1.29 is 14.6 Å². The highest BCUT2D eigenvalue weighted by Crippen LogP contribution is 2.32. The van der Waals surface area contributed by atoms with Crippen LogP contribution >= 0.6 is 0 Å². The average molecular weight is 280 g/mol. The average Bonchev–Trinajstić information content (AvgIpc) is 2.46. The zero-order chi connectivity index (χ0) is 15.0. The number of hydrogen-bond acceptors (Lipinski definition) is 3. The minimum Gasteiger partial charge on any atom is -0.507 e. The Morgan fingerprint density at radius 3 is 2.52 bits per heavy atom. The molecule has 0 atom stereocenters. The van der Waals surface area contributed by atoms with Crippen LogP contribution in [0.25, 0.3) is 21.5 Å². The number of carbonyl (C=O) groups is 1. The van der Waals surface area contributed by atoms with Gasteiger partial charge in [-0.15, -0.1) is 0 Å². The molecule has 3 aromatic carbocycles. The van der Waals surface area contributed by atoms with E-state index in [0.717, 1.165) is 21.5 Å². The van der Waals surface area contributed by atoms with Gasteiger partial charge in [0.1, 0.15) is 5.75 Å². The highest BCUT2D eigenvalue weighted by molar-refractivity contribution is 6.11. The summed E-state index contributed by atoms with van der Waals surface area (Å²) in [6.45, 7) is 3.60. The second-order valence-electron chi connectivity index (χ2n) is 5.33. The van der Waals surface area contributed by atoms with Crippen LogP contribution in [0.15, 0.2) is 48.5 Å². The summed E-state index contributed by atoms with van der Waals surface area (Å²) in [4.78, 5) is 12.1. The van der Waals surface area contributed by atoms with Crippen LogP contribution < -0.4 is 0 Å². The van der Waals surface area contributed by atoms with E-state index in [1.165, 1.54) is 6.07 Å². The number of rotatable bonds is 2. The molecule has 0 aromatic heterocycles. The Kier molecular flexibility index (Phi) is 3.26. The molecule has 0 amide bonds. The second kappa shape index (κ2) is 5.09. The second-order valence-corrected chi connectivity index (χ2v) is 5.33. The third-order valence-electron chi connectivity index (χ3n) is 3.42. The summed E-state index contributed by atoms with van der Waals surface area (Å²) >= 11 is 0. The third kappa shape index (κ3) is 2.42. The molecule has 3 rings (SSSR count). The van der Waals surface area contributed by atoms with Crippen molar-refractivity contribution in [3.05, 3.63) is 54.1 Å². The van der Waals surface area contributed by atoms with Crippen molar-refractivity contribution >= 4 is 27.5 Å². The van der Waals surface area contributed by atoms with Gasteiger partial charge in [-0.2, -0.15) is 0 Å². The minimum atomic E-state index is -0.421. The van der Waals surface area contributed by atoms with Gasteiger partial charge in [-0.1, -0.05) is 36.4 Å². The SMILES string of the molecule is CC(C)OC(=O)c1cc(O)c2ccc3ccccc3c2c1. The Hall–Kier alpha value is -2.55. The third-order valence-corrected chi connectivity index (χ3v) is 3.42. The summed E-state index contributed by atoms with van der Waals surface area (Å²) in [5, 5.41) is 13.8. The smallest absolute Gasteiger partial charge is 0.338 e. The summed E-state index contributed by atoms with van der Waals surface area (Å²) in [5.74, 6) is -0.330. The first-order valence-corrected chi connectivity index (χ1v) is 6.91. The number of fused-ring (bicyclic) bond motifs is 3. The number of ether oxygens (including phenoxy) is 1. The number of phenols is 1. The Morgan fingerprint density at radius 1 is 1.00 bits per heavy atom. The molecule has 0 radical (unpaired) electrons. The highest BCUT2D eigenvalue weighted by atomic mass is 16.5. The van der Waals surface area contributed by atoms with Gasteiger partial charge in [-0.25, -0.2) is 4.79 Å². The zero-order valence-corrected chi connectivity index (χ0v) is 12.0. The van der Waals surface area contributed by atoms with E-state index >= 15 is 0 Å². The fourth-order valence-corrected chi connectivity index (χ4v) is 2.50. The fourth-order valence-electron chi connectivity index (χ4n) is 2.50. The molecule has 1 N–H and O–H groups in total. The maximum atomic E-state index is 12.1. The van der Waals surface area contributed by atoms with Crippen molar-refractivity contribution in [3.63, 3.8) is 0 Å². The summed E-state index contributed by atoms with van der Waals surface area (Å²) in [7, 11) is 0. The molecule has 3 aromatic rings. The minimum absolute atomic E-state index is 0.0916. The van der Waals surface area contributed by atoms with Crippen molar-refractivity contribution in [1.29, 1.82) is 0 Å².